The van der Waals surface area contributed by atoms with E-state index in [4.69, 9.17) is 0 Å². The lowest BCUT2D eigenvalue weighted by Gasteiger charge is -2.08. The molecule has 0 aromatic heterocycles. The molecule has 0 aliphatic carbocycles. The van der Waals surface area contributed by atoms with E-state index < -0.39 is 0 Å². The Bertz CT molecular complexity index is 612. The lowest BCUT2D eigenvalue weighted by Crippen LogP contribution is -1.96. The maximum absolute atomic E-state index is 13.9. The third-order valence-electron chi connectivity index (χ3n) is 3.28. The van der Waals surface area contributed by atoms with Gasteiger partial charge in [0.15, 0.2) is 5.78 Å². The molecule has 0 aliphatic heterocycles. The van der Waals surface area contributed by atoms with Gasteiger partial charge in [-0.1, -0.05) is 38.1 Å². The van der Waals surface area contributed by atoms with Crippen molar-refractivity contribution in [3.05, 3.63) is 59.4 Å². The van der Waals surface area contributed by atoms with E-state index in [2.05, 4.69) is 13.8 Å². The van der Waals surface area contributed by atoms with Crippen molar-refractivity contribution in [2.45, 2.75) is 27.2 Å². The van der Waals surface area contributed by atoms with Gasteiger partial charge in [-0.25, -0.2) is 4.39 Å². The minimum atomic E-state index is -0.299. The number of carbonyl (C=O) groups is 1. The maximum Gasteiger partial charge on any atom is 0.159 e. The lowest BCUT2D eigenvalue weighted by molar-refractivity contribution is 0.101. The molecule has 1 nitrogen and oxygen atoms in total. The molecule has 0 saturated carbocycles. The van der Waals surface area contributed by atoms with Gasteiger partial charge in [-0.3, -0.25) is 4.79 Å². The quantitative estimate of drug-likeness (QED) is 0.723. The molecule has 0 amide bonds. The van der Waals surface area contributed by atoms with Gasteiger partial charge in [-0.05, 0) is 48.6 Å². The second kappa shape index (κ2) is 6.00. The molecule has 0 radical (unpaired) electrons. The first-order valence-corrected chi connectivity index (χ1v) is 6.87. The Morgan fingerprint density at radius 2 is 1.75 bits per heavy atom. The molecule has 0 atom stereocenters. The monoisotopic (exact) mass is 270 g/mol. The third-order valence-corrected chi connectivity index (χ3v) is 3.28. The summed E-state index contributed by atoms with van der Waals surface area (Å²) in [6.45, 7) is 5.83. The van der Waals surface area contributed by atoms with Crippen LogP contribution in [0.3, 0.4) is 0 Å². The molecule has 0 heterocycles. The van der Waals surface area contributed by atoms with Crippen LogP contribution in [0.2, 0.25) is 0 Å². The second-order valence-corrected chi connectivity index (χ2v) is 5.55. The van der Waals surface area contributed by atoms with E-state index in [9.17, 15) is 9.18 Å². The van der Waals surface area contributed by atoms with Crippen LogP contribution < -0.4 is 0 Å². The highest BCUT2D eigenvalue weighted by Crippen LogP contribution is 2.25. The summed E-state index contributed by atoms with van der Waals surface area (Å²) in [5, 5.41) is 0. The summed E-state index contributed by atoms with van der Waals surface area (Å²) in [5.74, 6) is 0.243. The molecule has 2 aromatic carbocycles. The SMILES string of the molecule is CC(=O)c1ccc(F)c(-c2ccc(CC(C)C)cc2)c1. The number of hydrogen-bond donors (Lipinski definition) is 0. The highest BCUT2D eigenvalue weighted by molar-refractivity contribution is 5.95. The molecule has 0 fully saturated rings. The molecule has 2 heteroatoms. The molecule has 0 aliphatic rings. The first-order chi connectivity index (χ1) is 9.47. The number of carbonyl (C=O) groups excluding carboxylic acids is 1. The highest BCUT2D eigenvalue weighted by atomic mass is 19.1. The van der Waals surface area contributed by atoms with Crippen molar-refractivity contribution in [1.29, 1.82) is 0 Å². The zero-order valence-corrected chi connectivity index (χ0v) is 12.1. The molecule has 20 heavy (non-hydrogen) atoms. The van der Waals surface area contributed by atoms with Gasteiger partial charge in [0.25, 0.3) is 0 Å². The zero-order valence-electron chi connectivity index (χ0n) is 12.1. The standard InChI is InChI=1S/C18H19FO/c1-12(2)10-14-4-6-15(7-5-14)17-11-16(13(3)20)8-9-18(17)19/h4-9,11-12H,10H2,1-3H3. The Kier molecular flexibility index (Phi) is 4.33. The van der Waals surface area contributed by atoms with Crippen LogP contribution in [0.4, 0.5) is 4.39 Å². The Hall–Kier alpha value is -1.96. The van der Waals surface area contributed by atoms with Crippen molar-refractivity contribution in [3.63, 3.8) is 0 Å². The van der Waals surface area contributed by atoms with Gasteiger partial charge in [-0.15, -0.1) is 0 Å². The van der Waals surface area contributed by atoms with Crippen LogP contribution >= 0.6 is 0 Å². The summed E-state index contributed by atoms with van der Waals surface area (Å²) in [4.78, 5) is 11.4. The van der Waals surface area contributed by atoms with Crippen LogP contribution in [0.1, 0.15) is 36.7 Å². The number of halogens is 1. The van der Waals surface area contributed by atoms with Crippen LogP contribution in [0.5, 0.6) is 0 Å². The summed E-state index contributed by atoms with van der Waals surface area (Å²) >= 11 is 0. The van der Waals surface area contributed by atoms with Gasteiger partial charge in [0.05, 0.1) is 0 Å². The number of rotatable bonds is 4. The minimum Gasteiger partial charge on any atom is -0.295 e. The molecule has 2 aromatic rings. The zero-order chi connectivity index (χ0) is 14.7. The van der Waals surface area contributed by atoms with Gasteiger partial charge < -0.3 is 0 Å². The molecule has 0 unspecified atom stereocenters. The lowest BCUT2D eigenvalue weighted by atomic mass is 9.97. The first kappa shape index (κ1) is 14.4. The van der Waals surface area contributed by atoms with E-state index in [-0.39, 0.29) is 11.6 Å². The van der Waals surface area contributed by atoms with Crippen LogP contribution in [0.15, 0.2) is 42.5 Å². The number of benzene rings is 2. The molecule has 104 valence electrons. The number of hydrogen-bond acceptors (Lipinski definition) is 1. The van der Waals surface area contributed by atoms with Gasteiger partial charge in [-0.2, -0.15) is 0 Å². The molecule has 0 bridgehead atoms. The molecular formula is C18H19FO. The largest absolute Gasteiger partial charge is 0.295 e. The highest BCUT2D eigenvalue weighted by Gasteiger charge is 2.09. The fourth-order valence-electron chi connectivity index (χ4n) is 2.26. The van der Waals surface area contributed by atoms with Crippen molar-refractivity contribution in [1.82, 2.24) is 0 Å². The smallest absolute Gasteiger partial charge is 0.159 e. The average molecular weight is 270 g/mol. The van der Waals surface area contributed by atoms with E-state index in [1.807, 2.05) is 24.3 Å². The predicted octanol–water partition coefficient (Wildman–Crippen LogP) is 4.89. The molecular weight excluding hydrogens is 251 g/mol. The van der Waals surface area contributed by atoms with Gasteiger partial charge in [0, 0.05) is 11.1 Å². The fraction of sp³-hybridized carbons (Fsp3) is 0.278. The number of Topliss-reactive ketones (excluding diaryl/α,β-unsaturated/α-hetero) is 1. The summed E-state index contributed by atoms with van der Waals surface area (Å²) in [6.07, 6.45) is 1.01. The summed E-state index contributed by atoms with van der Waals surface area (Å²) in [6, 6.07) is 12.4. The Labute approximate surface area is 119 Å². The van der Waals surface area contributed by atoms with Crippen LogP contribution in [0.25, 0.3) is 11.1 Å². The Morgan fingerprint density at radius 3 is 2.30 bits per heavy atom. The third kappa shape index (κ3) is 3.32. The second-order valence-electron chi connectivity index (χ2n) is 5.55. The molecule has 0 N–H and O–H groups in total. The molecule has 0 saturated heterocycles. The van der Waals surface area contributed by atoms with Crippen LogP contribution in [0, 0.1) is 11.7 Å². The maximum atomic E-state index is 13.9. The average Bonchev–Trinajstić information content (AvgIpc) is 2.39. The van der Waals surface area contributed by atoms with E-state index in [1.54, 1.807) is 6.07 Å². The summed E-state index contributed by atoms with van der Waals surface area (Å²) in [7, 11) is 0. The van der Waals surface area contributed by atoms with Crippen LogP contribution in [-0.4, -0.2) is 5.78 Å². The normalized spacial score (nSPS) is 10.8. The van der Waals surface area contributed by atoms with Crippen LogP contribution in [-0.2, 0) is 6.42 Å². The van der Waals surface area contributed by atoms with Crippen molar-refractivity contribution in [2.75, 3.05) is 0 Å². The molecule has 2 rings (SSSR count). The minimum absolute atomic E-state index is 0.0531. The summed E-state index contributed by atoms with van der Waals surface area (Å²) < 4.78 is 13.9. The number of ketones is 1. The predicted molar refractivity (Wildman–Crippen MR) is 80.4 cm³/mol. The van der Waals surface area contributed by atoms with Crippen molar-refractivity contribution >= 4 is 5.78 Å². The van der Waals surface area contributed by atoms with Gasteiger partial charge in [0.2, 0.25) is 0 Å². The van der Waals surface area contributed by atoms with Crippen molar-refractivity contribution in [2.24, 2.45) is 5.92 Å². The fourth-order valence-corrected chi connectivity index (χ4v) is 2.26. The van der Waals surface area contributed by atoms with Gasteiger partial charge in [0.1, 0.15) is 5.82 Å². The van der Waals surface area contributed by atoms with Crippen molar-refractivity contribution in [3.8, 4) is 11.1 Å². The Morgan fingerprint density at radius 1 is 1.10 bits per heavy atom. The topological polar surface area (TPSA) is 17.1 Å². The first-order valence-electron chi connectivity index (χ1n) is 6.87. The Balaban J connectivity index is 2.36. The van der Waals surface area contributed by atoms with E-state index >= 15 is 0 Å². The van der Waals surface area contributed by atoms with E-state index in [0.29, 0.717) is 17.0 Å². The van der Waals surface area contributed by atoms with E-state index in [1.165, 1.54) is 24.6 Å². The summed E-state index contributed by atoms with van der Waals surface area (Å²) in [5.41, 5.74) is 3.06. The van der Waals surface area contributed by atoms with Crippen molar-refractivity contribution < 1.29 is 9.18 Å². The van der Waals surface area contributed by atoms with E-state index in [0.717, 1.165) is 12.0 Å². The molecule has 0 spiro atoms. The van der Waals surface area contributed by atoms with Gasteiger partial charge >= 0.3 is 0 Å².